The third kappa shape index (κ3) is 12.4. The summed E-state index contributed by atoms with van der Waals surface area (Å²) in [5.74, 6) is -5.84. The van der Waals surface area contributed by atoms with Crippen LogP contribution in [0.15, 0.2) is 214 Å². The Labute approximate surface area is 670 Å². The maximum atomic E-state index is 14.2. The molecule has 584 valence electrons. The normalized spacial score (nSPS) is 30.0. The second kappa shape index (κ2) is 31.8. The minimum absolute atomic E-state index is 0.190. The summed E-state index contributed by atoms with van der Waals surface area (Å²) < 4.78 is 55.0. The maximum absolute atomic E-state index is 14.2. The van der Waals surface area contributed by atoms with Gasteiger partial charge in [0.1, 0.15) is 52.8 Å². The van der Waals surface area contributed by atoms with Crippen LogP contribution in [0.5, 0.6) is 34.5 Å². The highest BCUT2D eigenvalue weighted by molar-refractivity contribution is 9.11. The number of halogens is 3. The molecule has 2 amide bonds. The second-order valence-electron chi connectivity index (χ2n) is 28.6. The number of ether oxygens (including phenoxy) is 9. The van der Waals surface area contributed by atoms with Crippen molar-refractivity contribution in [3.63, 3.8) is 0 Å². The van der Waals surface area contributed by atoms with Gasteiger partial charge < -0.3 is 93.5 Å². The van der Waals surface area contributed by atoms with Gasteiger partial charge in [-0.1, -0.05) is 175 Å². The summed E-state index contributed by atoms with van der Waals surface area (Å²) in [4.78, 5) is 56.8. The summed E-state index contributed by atoms with van der Waals surface area (Å²) in [6.45, 7) is 7.18. The van der Waals surface area contributed by atoms with Gasteiger partial charge in [-0.3, -0.25) is 29.3 Å². The zero-order chi connectivity index (χ0) is 78.5. The minimum atomic E-state index is -2.12. The van der Waals surface area contributed by atoms with Gasteiger partial charge in [0, 0.05) is 70.4 Å². The molecule has 8 N–H and O–H groups in total. The average Bonchev–Trinajstić information content (AvgIpc) is 1.51. The fourth-order valence-electron chi connectivity index (χ4n) is 18.6. The number of methoxy groups -OCH3 is 3. The number of carboxylic acid groups (broad SMARTS) is 1. The molecule has 0 spiro atoms. The fraction of sp³-hybridized carbons (Fsp3) is 0.357. The van der Waals surface area contributed by atoms with Gasteiger partial charge >= 0.3 is 5.97 Å². The largest absolute Gasteiger partial charge is 0.495 e. The lowest BCUT2D eigenvalue weighted by molar-refractivity contribution is -0.159. The van der Waals surface area contributed by atoms with Gasteiger partial charge in [-0.25, -0.2) is 0 Å². The van der Waals surface area contributed by atoms with Crippen molar-refractivity contribution < 1.29 is 92.8 Å². The number of rotatable bonds is 12. The van der Waals surface area contributed by atoms with E-state index < -0.39 is 93.4 Å². The van der Waals surface area contributed by atoms with E-state index in [4.69, 9.17) is 42.6 Å². The number of nitrogens with zero attached hydrogens (tertiary/aromatic N) is 5. The predicted octanol–water partition coefficient (Wildman–Crippen LogP) is 8.72. The summed E-state index contributed by atoms with van der Waals surface area (Å²) in [5.41, 5.74) is -6.16. The standard InChI is InChI=1S/2C28H27BrN2O6.C24H20BrNO6.C4H9NO/c2*1-35-20-15-30-16-21-24(20)27(34)25(32)22(26(33)31-11-13-36-14-12-31)23(17-5-3-2-4-6-17)28(27,37-21)18-7-9-19(29)10-8-18;1-31-16-11-26-12-17-20(16)23(30)21(27)18(22(28)29)19(13-5-3-2-4-6-13)24(23,32-17)14-7-9-15(25)10-8-14;1-3-6-4-2-5-1/h2*2-10,15-16,22-23,25,32,34H,11-14H2,1H3;2-12,18-19,21,27,30H,1H3,(H,28,29);5H,1-4H2/t2*22-,23-,25-,27+,28+;18-,19-,21-,23+,24+;/m111./s1. The first kappa shape index (κ1) is 78.3. The highest BCUT2D eigenvalue weighted by Crippen LogP contribution is 2.73. The zero-order valence-electron chi connectivity index (χ0n) is 61.1. The highest BCUT2D eigenvalue weighted by Gasteiger charge is 2.81. The van der Waals surface area contributed by atoms with Crippen LogP contribution in [0.2, 0.25) is 0 Å². The van der Waals surface area contributed by atoms with E-state index in [0.29, 0.717) is 97.5 Å². The molecule has 0 bridgehead atoms. The molecular weight excluding hydrogens is 1640 g/mol. The molecule has 9 aromatic rings. The molecule has 6 fully saturated rings. The lowest BCUT2D eigenvalue weighted by atomic mass is 9.70. The lowest BCUT2D eigenvalue weighted by Gasteiger charge is -2.41. The van der Waals surface area contributed by atoms with Crippen molar-refractivity contribution in [1.29, 1.82) is 0 Å². The van der Waals surface area contributed by atoms with Gasteiger partial charge in [-0.05, 0) is 69.8 Å². The number of fused-ring (bicyclic) bond motifs is 9. The Morgan fingerprint density at radius 1 is 0.411 bits per heavy atom. The van der Waals surface area contributed by atoms with Crippen molar-refractivity contribution in [3.8, 4) is 34.5 Å². The van der Waals surface area contributed by atoms with Crippen LogP contribution in [0.3, 0.4) is 0 Å². The average molecular weight is 1720 g/mol. The number of pyridine rings is 3. The van der Waals surface area contributed by atoms with Gasteiger partial charge in [-0.2, -0.15) is 0 Å². The number of carbonyl (C=O) groups is 3. The molecule has 9 heterocycles. The van der Waals surface area contributed by atoms with Gasteiger partial charge in [0.2, 0.25) is 11.8 Å². The van der Waals surface area contributed by atoms with Gasteiger partial charge in [0.25, 0.3) is 0 Å². The molecule has 6 aromatic carbocycles. The Hall–Kier alpha value is -8.98. The third-order valence-corrected chi connectivity index (χ3v) is 24.9. The van der Waals surface area contributed by atoms with Crippen LogP contribution in [-0.2, 0) is 62.2 Å². The van der Waals surface area contributed by atoms with Crippen LogP contribution in [0, 0.1) is 17.8 Å². The van der Waals surface area contributed by atoms with Crippen LogP contribution >= 0.6 is 47.8 Å². The van der Waals surface area contributed by atoms with Crippen LogP contribution < -0.4 is 33.7 Å². The molecule has 18 rings (SSSR count). The molecular formula is C84H83Br3N6O19. The number of aliphatic carboxylic acids is 1. The van der Waals surface area contributed by atoms with E-state index in [1.807, 2.05) is 115 Å². The summed E-state index contributed by atoms with van der Waals surface area (Å²) in [5, 5.41) is 87.0. The van der Waals surface area contributed by atoms with Crippen molar-refractivity contribution in [2.24, 2.45) is 17.8 Å². The molecule has 3 saturated heterocycles. The molecule has 9 aliphatic rings. The number of amides is 2. The number of aromatic nitrogens is 3. The maximum Gasteiger partial charge on any atom is 0.310 e. The number of aliphatic hydroxyl groups excluding tert-OH is 3. The van der Waals surface area contributed by atoms with Crippen molar-refractivity contribution in [1.82, 2.24) is 30.1 Å². The Morgan fingerprint density at radius 3 is 0.946 bits per heavy atom. The first-order valence-corrected chi connectivity index (χ1v) is 39.1. The second-order valence-corrected chi connectivity index (χ2v) is 31.4. The zero-order valence-corrected chi connectivity index (χ0v) is 65.9. The van der Waals surface area contributed by atoms with Crippen molar-refractivity contribution in [3.05, 3.63) is 264 Å². The summed E-state index contributed by atoms with van der Waals surface area (Å²) in [6.07, 6.45) is 4.16. The van der Waals surface area contributed by atoms with Crippen molar-refractivity contribution >= 4 is 65.6 Å². The van der Waals surface area contributed by atoms with E-state index in [0.717, 1.165) is 50.8 Å². The summed E-state index contributed by atoms with van der Waals surface area (Å²) >= 11 is 10.4. The van der Waals surface area contributed by atoms with Gasteiger partial charge in [0.15, 0.2) is 33.6 Å². The first-order chi connectivity index (χ1) is 54.2. The van der Waals surface area contributed by atoms with Gasteiger partial charge in [0.05, 0.1) is 133 Å². The molecule has 3 aliphatic carbocycles. The van der Waals surface area contributed by atoms with Crippen LogP contribution in [-0.4, -0.2) is 197 Å². The number of nitrogens with one attached hydrogen (secondary N) is 1. The number of hydrogen-bond donors (Lipinski definition) is 8. The van der Waals surface area contributed by atoms with Crippen LogP contribution in [0.25, 0.3) is 0 Å². The molecule has 15 atom stereocenters. The quantitative estimate of drug-likeness (QED) is 0.0566. The Morgan fingerprint density at radius 2 is 0.688 bits per heavy atom. The van der Waals surface area contributed by atoms with Crippen LogP contribution in [0.4, 0.5) is 0 Å². The minimum Gasteiger partial charge on any atom is -0.495 e. The number of morpholine rings is 3. The number of hydrogen-bond acceptors (Lipinski definition) is 22. The number of aliphatic hydroxyl groups is 6. The van der Waals surface area contributed by atoms with Crippen molar-refractivity contribution in [2.75, 3.05) is 100 Å². The summed E-state index contributed by atoms with van der Waals surface area (Å²) in [6, 6.07) is 49.8. The predicted molar refractivity (Wildman–Crippen MR) is 416 cm³/mol. The number of carbonyl (C=O) groups excluding carboxylic acids is 2. The SMILES string of the molecule is C1COCCN1.COc1cncc2c1[C@]1(O)[C@H](O)[C@H](C(=O)N3CCOCC3)[C@@H](c3ccccc3)[C@]1(c1ccc(Br)cc1)O2.COc1cncc2c1[C@]1(O)[C@H](O)[C@H](C(=O)N3CCOCC3)[C@@H](c3ccccc3)[C@]1(c1ccc(Br)cc1)O2.COc1cncc2c1[C@]1(O)[C@H](O)[C@H](C(=O)O)[C@@H](c3ccccc3)[C@]1(c1ccc(Br)cc1)O2. The molecule has 6 aliphatic heterocycles. The first-order valence-electron chi connectivity index (χ1n) is 36.8. The smallest absolute Gasteiger partial charge is 0.310 e. The molecule has 0 radical (unpaired) electrons. The monoisotopic (exact) mass is 1720 g/mol. The topological polar surface area (TPSA) is 333 Å². The lowest BCUT2D eigenvalue weighted by Crippen LogP contribution is -2.52. The Balaban J connectivity index is 0.000000128. The molecule has 112 heavy (non-hydrogen) atoms. The van der Waals surface area contributed by atoms with E-state index in [9.17, 15) is 50.1 Å². The van der Waals surface area contributed by atoms with E-state index in [2.05, 4.69) is 68.1 Å². The number of carboxylic acids is 1. The van der Waals surface area contributed by atoms with Crippen LogP contribution in [0.1, 0.15) is 67.8 Å². The van der Waals surface area contributed by atoms with Gasteiger partial charge in [-0.15, -0.1) is 0 Å². The highest BCUT2D eigenvalue weighted by atomic mass is 79.9. The Bertz CT molecular complexity index is 4670. The Kier molecular flexibility index (Phi) is 22.2. The molecule has 3 saturated carbocycles. The molecule has 3 aromatic heterocycles. The molecule has 25 nitrogen and oxygen atoms in total. The molecule has 28 heteroatoms. The number of benzene rings is 6. The fourth-order valence-corrected chi connectivity index (χ4v) is 19.4. The van der Waals surface area contributed by atoms with E-state index in [-0.39, 0.29) is 40.4 Å². The third-order valence-electron chi connectivity index (χ3n) is 23.3. The van der Waals surface area contributed by atoms with E-state index in [1.165, 1.54) is 58.5 Å². The van der Waals surface area contributed by atoms with Crippen molar-refractivity contribution in [2.45, 2.75) is 69.7 Å². The van der Waals surface area contributed by atoms with E-state index >= 15 is 0 Å². The summed E-state index contributed by atoms with van der Waals surface area (Å²) in [7, 11) is 4.38. The molecule has 0 unspecified atom stereocenters. The van der Waals surface area contributed by atoms with E-state index in [1.54, 1.807) is 58.3 Å².